The molecule has 0 spiro atoms. The van der Waals surface area contributed by atoms with Crippen LogP contribution >= 0.6 is 0 Å². The molecule has 110 valence electrons. The highest BCUT2D eigenvalue weighted by atomic mass is 16.4. The average molecular weight is 288 g/mol. The number of rotatable bonds is 4. The van der Waals surface area contributed by atoms with Crippen molar-refractivity contribution in [2.24, 2.45) is 5.10 Å². The summed E-state index contributed by atoms with van der Waals surface area (Å²) in [6.07, 6.45) is 1.59. The van der Waals surface area contributed by atoms with Gasteiger partial charge in [0, 0.05) is 11.1 Å². The van der Waals surface area contributed by atoms with Gasteiger partial charge < -0.3 is 15.2 Å². The second-order valence-corrected chi connectivity index (χ2v) is 4.85. The number of carbonyl (C=O) groups excluding carboxylic acids is 3. The first-order valence-electron chi connectivity index (χ1n) is 6.40. The van der Waals surface area contributed by atoms with Gasteiger partial charge in [0.2, 0.25) is 0 Å². The summed E-state index contributed by atoms with van der Waals surface area (Å²) in [5.74, 6) is -1.83. The number of carbonyl (C=O) groups is 3. The van der Waals surface area contributed by atoms with Crippen molar-refractivity contribution in [1.29, 1.82) is 0 Å². The van der Waals surface area contributed by atoms with Crippen molar-refractivity contribution >= 4 is 24.1 Å². The Balaban J connectivity index is 2.29. The highest BCUT2D eigenvalue weighted by molar-refractivity contribution is 6.07. The van der Waals surface area contributed by atoms with E-state index in [1.54, 1.807) is 26.0 Å². The minimum absolute atomic E-state index is 0.0634. The Kier molecular flexibility index (Phi) is 3.75. The number of aromatic carboxylic acids is 1. The summed E-state index contributed by atoms with van der Waals surface area (Å²) in [7, 11) is 0. The largest absolute Gasteiger partial charge is 0.545 e. The molecule has 0 radical (unpaired) electrons. The van der Waals surface area contributed by atoms with E-state index in [-0.39, 0.29) is 11.1 Å². The number of amides is 3. The molecule has 1 heterocycles. The van der Waals surface area contributed by atoms with Crippen LogP contribution in [0.25, 0.3) is 0 Å². The number of benzene rings is 1. The van der Waals surface area contributed by atoms with Gasteiger partial charge in [-0.05, 0) is 13.3 Å². The number of hydrogen-bond acceptors (Lipinski definition) is 5. The predicted molar refractivity (Wildman–Crippen MR) is 72.4 cm³/mol. The molecule has 1 saturated heterocycles. The van der Waals surface area contributed by atoms with Crippen LogP contribution in [0.3, 0.4) is 0 Å². The Morgan fingerprint density at radius 2 is 2.10 bits per heavy atom. The lowest BCUT2D eigenvalue weighted by molar-refractivity contribution is -0.255. The number of hydrogen-bond donors (Lipinski definition) is 1. The first-order valence-corrected chi connectivity index (χ1v) is 6.40. The van der Waals surface area contributed by atoms with Gasteiger partial charge in [0.15, 0.2) is 0 Å². The zero-order chi connectivity index (χ0) is 15.6. The lowest BCUT2D eigenvalue weighted by Gasteiger charge is -2.17. The Bertz CT molecular complexity index is 641. The molecule has 0 saturated carbocycles. The van der Waals surface area contributed by atoms with Gasteiger partial charge in [-0.1, -0.05) is 31.2 Å². The van der Waals surface area contributed by atoms with Crippen LogP contribution in [0, 0.1) is 0 Å². The zero-order valence-electron chi connectivity index (χ0n) is 11.6. The van der Waals surface area contributed by atoms with Gasteiger partial charge >= 0.3 is 6.03 Å². The summed E-state index contributed by atoms with van der Waals surface area (Å²) < 4.78 is 0. The van der Waals surface area contributed by atoms with E-state index < -0.39 is 23.4 Å². The molecule has 0 unspecified atom stereocenters. The summed E-state index contributed by atoms with van der Waals surface area (Å²) in [5.41, 5.74) is -0.794. The van der Waals surface area contributed by atoms with E-state index >= 15 is 0 Å². The van der Waals surface area contributed by atoms with Crippen LogP contribution in [0.2, 0.25) is 0 Å². The van der Waals surface area contributed by atoms with Gasteiger partial charge in [-0.3, -0.25) is 4.79 Å². The lowest BCUT2D eigenvalue weighted by Crippen LogP contribution is -2.42. The molecule has 7 heteroatoms. The first-order chi connectivity index (χ1) is 9.89. The van der Waals surface area contributed by atoms with Crippen molar-refractivity contribution in [2.45, 2.75) is 25.8 Å². The normalized spacial score (nSPS) is 21.9. The Hall–Kier alpha value is -2.70. The standard InChI is InChI=1S/C14H15N3O4/c1-3-14(2)12(20)17(13(21)16-14)15-8-9-6-4-5-7-10(9)11(18)19/h4-8H,3H2,1-2H3,(H,16,21)(H,18,19)/p-1/b15-8-/t14-/m0/s1. The fourth-order valence-electron chi connectivity index (χ4n) is 1.93. The molecule has 1 aliphatic heterocycles. The molecule has 1 N–H and O–H groups in total. The monoisotopic (exact) mass is 288 g/mol. The van der Waals surface area contributed by atoms with Gasteiger partial charge in [-0.2, -0.15) is 5.10 Å². The second-order valence-electron chi connectivity index (χ2n) is 4.85. The van der Waals surface area contributed by atoms with Crippen LogP contribution in [0.15, 0.2) is 29.4 Å². The molecule has 0 aliphatic carbocycles. The number of carboxylic acids is 1. The van der Waals surface area contributed by atoms with Crippen molar-refractivity contribution in [2.75, 3.05) is 0 Å². The molecule has 3 amide bonds. The van der Waals surface area contributed by atoms with E-state index in [1.807, 2.05) is 0 Å². The summed E-state index contributed by atoms with van der Waals surface area (Å²) in [4.78, 5) is 34.8. The number of carboxylic acid groups (broad SMARTS) is 1. The third-order valence-electron chi connectivity index (χ3n) is 3.44. The summed E-state index contributed by atoms with van der Waals surface area (Å²) in [5, 5.41) is 18.0. The van der Waals surface area contributed by atoms with Crippen molar-refractivity contribution < 1.29 is 19.5 Å². The van der Waals surface area contributed by atoms with Gasteiger partial charge in [-0.25, -0.2) is 4.79 Å². The molecule has 1 aromatic rings. The van der Waals surface area contributed by atoms with Crippen molar-refractivity contribution in [3.05, 3.63) is 35.4 Å². The number of urea groups is 1. The Morgan fingerprint density at radius 1 is 1.43 bits per heavy atom. The maximum Gasteiger partial charge on any atom is 0.346 e. The summed E-state index contributed by atoms with van der Waals surface area (Å²) in [6.45, 7) is 3.38. The quantitative estimate of drug-likeness (QED) is 0.627. The van der Waals surface area contributed by atoms with Gasteiger partial charge in [0.05, 0.1) is 12.2 Å². The third kappa shape index (κ3) is 2.62. The average Bonchev–Trinajstić information content (AvgIpc) is 2.68. The van der Waals surface area contributed by atoms with Gasteiger partial charge in [0.25, 0.3) is 5.91 Å². The van der Waals surface area contributed by atoms with Crippen LogP contribution in [0.5, 0.6) is 0 Å². The summed E-state index contributed by atoms with van der Waals surface area (Å²) >= 11 is 0. The number of nitrogens with one attached hydrogen (secondary N) is 1. The topological polar surface area (TPSA) is 102 Å². The molecule has 1 aliphatic rings. The Morgan fingerprint density at radius 3 is 2.67 bits per heavy atom. The first kappa shape index (κ1) is 14.7. The molecule has 7 nitrogen and oxygen atoms in total. The second kappa shape index (κ2) is 5.35. The van der Waals surface area contributed by atoms with Crippen LogP contribution < -0.4 is 10.4 Å². The summed E-state index contributed by atoms with van der Waals surface area (Å²) in [6, 6.07) is 5.40. The predicted octanol–water partition coefficient (Wildman–Crippen LogP) is 0.105. The van der Waals surface area contributed by atoms with Crippen molar-refractivity contribution in [3.63, 3.8) is 0 Å². The minimum Gasteiger partial charge on any atom is -0.545 e. The van der Waals surface area contributed by atoms with Gasteiger partial charge in [-0.15, -0.1) is 5.01 Å². The van der Waals surface area contributed by atoms with Crippen LogP contribution in [0.4, 0.5) is 4.79 Å². The minimum atomic E-state index is -1.35. The van der Waals surface area contributed by atoms with Crippen molar-refractivity contribution in [3.8, 4) is 0 Å². The molecule has 21 heavy (non-hydrogen) atoms. The van der Waals surface area contributed by atoms with E-state index in [4.69, 9.17) is 0 Å². The molecule has 1 fully saturated rings. The Labute approximate surface area is 121 Å². The number of nitrogens with zero attached hydrogens (tertiary/aromatic N) is 2. The highest BCUT2D eigenvalue weighted by Gasteiger charge is 2.46. The molecule has 1 aromatic carbocycles. The van der Waals surface area contributed by atoms with E-state index in [1.165, 1.54) is 12.1 Å². The third-order valence-corrected chi connectivity index (χ3v) is 3.44. The van der Waals surface area contributed by atoms with Gasteiger partial charge in [0.1, 0.15) is 5.54 Å². The lowest BCUT2D eigenvalue weighted by atomic mass is 10.00. The molecule has 2 rings (SSSR count). The van der Waals surface area contributed by atoms with Crippen LogP contribution in [0.1, 0.15) is 36.2 Å². The fourth-order valence-corrected chi connectivity index (χ4v) is 1.93. The fraction of sp³-hybridized carbons (Fsp3) is 0.286. The maximum absolute atomic E-state index is 12.1. The number of imide groups is 1. The van der Waals surface area contributed by atoms with E-state index in [0.717, 1.165) is 6.21 Å². The smallest absolute Gasteiger partial charge is 0.346 e. The molecular weight excluding hydrogens is 274 g/mol. The SMILES string of the molecule is CC[C@]1(C)NC(=O)N(/N=C\c2ccccc2C(=O)[O-])C1=O. The van der Waals surface area contributed by atoms with E-state index in [0.29, 0.717) is 11.4 Å². The highest BCUT2D eigenvalue weighted by Crippen LogP contribution is 2.21. The number of hydrazone groups is 1. The molecule has 0 bridgehead atoms. The van der Waals surface area contributed by atoms with E-state index in [2.05, 4.69) is 10.4 Å². The zero-order valence-corrected chi connectivity index (χ0v) is 11.6. The molecule has 1 atom stereocenters. The van der Waals surface area contributed by atoms with Crippen LogP contribution in [-0.4, -0.2) is 34.7 Å². The maximum atomic E-state index is 12.1. The van der Waals surface area contributed by atoms with Crippen LogP contribution in [-0.2, 0) is 4.79 Å². The molecular formula is C14H14N3O4-. The van der Waals surface area contributed by atoms with Crippen molar-refractivity contribution in [1.82, 2.24) is 10.3 Å². The molecule has 0 aromatic heterocycles. The van der Waals surface area contributed by atoms with E-state index in [9.17, 15) is 19.5 Å².